The van der Waals surface area contributed by atoms with Crippen molar-refractivity contribution in [2.45, 2.75) is 20.0 Å². The third-order valence-electron chi connectivity index (χ3n) is 4.61. The van der Waals surface area contributed by atoms with Gasteiger partial charge in [-0.25, -0.2) is 23.5 Å². The van der Waals surface area contributed by atoms with Crippen molar-refractivity contribution in [2.24, 2.45) is 0 Å². The Hall–Kier alpha value is -3.92. The number of oxazole rings is 1. The van der Waals surface area contributed by atoms with E-state index in [2.05, 4.69) is 15.3 Å². The molecule has 0 saturated heterocycles. The highest BCUT2D eigenvalue weighted by molar-refractivity contribution is 7.14. The highest BCUT2D eigenvalue weighted by Gasteiger charge is 2.25. The second kappa shape index (κ2) is 9.29. The fraction of sp³-hybridized carbons (Fsp3) is 0.130. The Morgan fingerprint density at radius 2 is 1.82 bits per heavy atom. The van der Waals surface area contributed by atoms with Crippen molar-refractivity contribution in [2.75, 3.05) is 5.32 Å². The van der Waals surface area contributed by atoms with Crippen LogP contribution in [0.15, 0.2) is 58.3 Å². The summed E-state index contributed by atoms with van der Waals surface area (Å²) in [6, 6.07) is 12.5. The number of halogens is 2. The Labute approximate surface area is 191 Å². The summed E-state index contributed by atoms with van der Waals surface area (Å²) < 4.78 is 37.3. The van der Waals surface area contributed by atoms with E-state index in [1.54, 1.807) is 24.4 Å². The zero-order valence-corrected chi connectivity index (χ0v) is 18.3. The first-order valence-corrected chi connectivity index (χ1v) is 10.7. The van der Waals surface area contributed by atoms with Gasteiger partial charge in [0.2, 0.25) is 5.89 Å². The molecule has 2 heterocycles. The number of nitrogens with zero attached hydrogens (tertiary/aromatic N) is 2. The number of anilines is 1. The fourth-order valence-corrected chi connectivity index (χ4v) is 3.61. The number of thiazole rings is 1. The van der Waals surface area contributed by atoms with Gasteiger partial charge in [0.1, 0.15) is 5.76 Å². The summed E-state index contributed by atoms with van der Waals surface area (Å²) in [4.78, 5) is 33.4. The van der Waals surface area contributed by atoms with E-state index in [0.717, 1.165) is 23.5 Å². The van der Waals surface area contributed by atoms with Crippen LogP contribution in [0.1, 0.15) is 23.2 Å². The lowest BCUT2D eigenvalue weighted by Gasteiger charge is -2.11. The quantitative estimate of drug-likeness (QED) is 0.388. The molecule has 7 nitrogen and oxygen atoms in total. The molecule has 2 aromatic carbocycles. The SMILES string of the molecule is Cc1oc(-c2ccccc2)nc1C(=O)OC(C)C(=O)Nc1nc(-c2ccc(F)c(F)c2)cs1. The molecule has 0 fully saturated rings. The number of carbonyl (C=O) groups is 2. The van der Waals surface area contributed by atoms with Crippen molar-refractivity contribution in [3.05, 3.63) is 77.0 Å². The van der Waals surface area contributed by atoms with E-state index in [9.17, 15) is 18.4 Å². The summed E-state index contributed by atoms with van der Waals surface area (Å²) in [6.45, 7) is 2.99. The van der Waals surface area contributed by atoms with Crippen LogP contribution in [0.4, 0.5) is 13.9 Å². The lowest BCUT2D eigenvalue weighted by atomic mass is 10.2. The molecule has 1 amide bonds. The van der Waals surface area contributed by atoms with Crippen LogP contribution in [0, 0.1) is 18.6 Å². The zero-order chi connectivity index (χ0) is 23.5. The summed E-state index contributed by atoms with van der Waals surface area (Å²) in [5, 5.41) is 4.34. The molecule has 0 aliphatic carbocycles. The van der Waals surface area contributed by atoms with Crippen LogP contribution in [0.25, 0.3) is 22.7 Å². The molecular formula is C23H17F2N3O4S. The average molecular weight is 469 g/mol. The normalized spacial score (nSPS) is 11.8. The maximum absolute atomic E-state index is 13.4. The highest BCUT2D eigenvalue weighted by Crippen LogP contribution is 2.26. The van der Waals surface area contributed by atoms with Crippen LogP contribution in [-0.4, -0.2) is 27.9 Å². The van der Waals surface area contributed by atoms with Crippen molar-refractivity contribution < 1.29 is 27.5 Å². The Kier molecular flexibility index (Phi) is 6.27. The molecule has 1 unspecified atom stereocenters. The van der Waals surface area contributed by atoms with E-state index >= 15 is 0 Å². The molecule has 1 atom stereocenters. The third-order valence-corrected chi connectivity index (χ3v) is 5.37. The first kappa shape index (κ1) is 22.3. The summed E-state index contributed by atoms with van der Waals surface area (Å²) in [6.07, 6.45) is -1.15. The van der Waals surface area contributed by atoms with E-state index in [0.29, 0.717) is 16.8 Å². The Morgan fingerprint density at radius 3 is 2.55 bits per heavy atom. The third kappa shape index (κ3) is 4.96. The smallest absolute Gasteiger partial charge is 0.361 e. The number of benzene rings is 2. The van der Waals surface area contributed by atoms with Crippen LogP contribution in [0.5, 0.6) is 0 Å². The standard InChI is InChI=1S/C23H17F2N3O4S/c1-12-19(27-21(31-12)14-6-4-3-5-7-14)22(30)32-13(2)20(29)28-23-26-18(11-33-23)15-8-9-16(24)17(25)10-15/h3-11,13H,1-2H3,(H,26,28,29). The van der Waals surface area contributed by atoms with E-state index < -0.39 is 29.6 Å². The van der Waals surface area contributed by atoms with Gasteiger partial charge in [-0.2, -0.15) is 0 Å². The molecule has 0 aliphatic heterocycles. The number of hydrogen-bond donors (Lipinski definition) is 1. The Morgan fingerprint density at radius 1 is 1.06 bits per heavy atom. The number of aromatic nitrogens is 2. The monoisotopic (exact) mass is 469 g/mol. The van der Waals surface area contributed by atoms with Crippen molar-refractivity contribution in [1.29, 1.82) is 0 Å². The number of nitrogens with one attached hydrogen (secondary N) is 1. The van der Waals surface area contributed by atoms with Gasteiger partial charge in [-0.1, -0.05) is 18.2 Å². The van der Waals surface area contributed by atoms with Crippen LogP contribution < -0.4 is 5.32 Å². The van der Waals surface area contributed by atoms with Crippen LogP contribution in [0.3, 0.4) is 0 Å². The highest BCUT2D eigenvalue weighted by atomic mass is 32.1. The van der Waals surface area contributed by atoms with Gasteiger partial charge in [0.15, 0.2) is 28.6 Å². The predicted octanol–water partition coefficient (Wildman–Crippen LogP) is 5.24. The minimum absolute atomic E-state index is 0.0247. The van der Waals surface area contributed by atoms with Gasteiger partial charge in [-0.3, -0.25) is 10.1 Å². The lowest BCUT2D eigenvalue weighted by molar-refractivity contribution is -0.123. The molecule has 4 aromatic rings. The first-order valence-electron chi connectivity index (χ1n) is 9.77. The minimum Gasteiger partial charge on any atom is -0.448 e. The second-order valence-corrected chi connectivity index (χ2v) is 7.85. The average Bonchev–Trinajstić information content (AvgIpc) is 3.43. The van der Waals surface area contributed by atoms with Gasteiger partial charge in [0.25, 0.3) is 5.91 Å². The molecule has 2 aromatic heterocycles. The molecule has 4 rings (SSSR count). The Balaban J connectivity index is 1.40. The lowest BCUT2D eigenvalue weighted by Crippen LogP contribution is -2.30. The summed E-state index contributed by atoms with van der Waals surface area (Å²) >= 11 is 1.09. The molecule has 0 saturated carbocycles. The zero-order valence-electron chi connectivity index (χ0n) is 17.5. The summed E-state index contributed by atoms with van der Waals surface area (Å²) in [5.41, 5.74) is 1.40. The number of carbonyl (C=O) groups excluding carboxylic acids is 2. The minimum atomic E-state index is -1.15. The summed E-state index contributed by atoms with van der Waals surface area (Å²) in [7, 11) is 0. The molecule has 0 radical (unpaired) electrons. The largest absolute Gasteiger partial charge is 0.448 e. The fourth-order valence-electron chi connectivity index (χ4n) is 2.89. The molecule has 33 heavy (non-hydrogen) atoms. The Bertz CT molecular complexity index is 1320. The molecule has 10 heteroatoms. The summed E-state index contributed by atoms with van der Waals surface area (Å²) in [5.74, 6) is -2.84. The van der Waals surface area contributed by atoms with E-state index in [4.69, 9.17) is 9.15 Å². The number of amides is 1. The molecule has 0 bridgehead atoms. The van der Waals surface area contributed by atoms with Gasteiger partial charge in [0.05, 0.1) is 5.69 Å². The second-order valence-electron chi connectivity index (χ2n) is 6.99. The van der Waals surface area contributed by atoms with E-state index in [1.807, 2.05) is 18.2 Å². The van der Waals surface area contributed by atoms with Crippen molar-refractivity contribution in [1.82, 2.24) is 9.97 Å². The first-order chi connectivity index (χ1) is 15.8. The van der Waals surface area contributed by atoms with Crippen LogP contribution >= 0.6 is 11.3 Å². The molecule has 0 aliphatic rings. The number of ether oxygens (including phenoxy) is 1. The maximum atomic E-state index is 13.4. The predicted molar refractivity (Wildman–Crippen MR) is 118 cm³/mol. The number of esters is 1. The van der Waals surface area contributed by atoms with Gasteiger partial charge in [-0.05, 0) is 44.2 Å². The van der Waals surface area contributed by atoms with Crippen molar-refractivity contribution in [3.63, 3.8) is 0 Å². The van der Waals surface area contributed by atoms with Crippen LogP contribution in [0.2, 0.25) is 0 Å². The van der Waals surface area contributed by atoms with Gasteiger partial charge < -0.3 is 9.15 Å². The number of rotatable bonds is 6. The molecule has 168 valence electrons. The topological polar surface area (TPSA) is 94.3 Å². The van der Waals surface area contributed by atoms with Crippen molar-refractivity contribution >= 4 is 28.3 Å². The van der Waals surface area contributed by atoms with Gasteiger partial charge >= 0.3 is 5.97 Å². The van der Waals surface area contributed by atoms with E-state index in [-0.39, 0.29) is 22.5 Å². The van der Waals surface area contributed by atoms with Gasteiger partial charge in [-0.15, -0.1) is 11.3 Å². The van der Waals surface area contributed by atoms with Gasteiger partial charge in [0, 0.05) is 16.5 Å². The van der Waals surface area contributed by atoms with Crippen molar-refractivity contribution in [3.8, 4) is 22.7 Å². The maximum Gasteiger partial charge on any atom is 0.361 e. The molecular weight excluding hydrogens is 452 g/mol. The van der Waals surface area contributed by atoms with Crippen LogP contribution in [-0.2, 0) is 9.53 Å². The molecule has 0 spiro atoms. The molecule has 1 N–H and O–H groups in total. The van der Waals surface area contributed by atoms with E-state index in [1.165, 1.54) is 13.0 Å². The number of aryl methyl sites for hydroxylation is 1. The number of hydrogen-bond acceptors (Lipinski definition) is 7.